The lowest BCUT2D eigenvalue weighted by molar-refractivity contribution is 0.359. The van der Waals surface area contributed by atoms with Gasteiger partial charge in [-0.05, 0) is 24.6 Å². The van der Waals surface area contributed by atoms with Gasteiger partial charge in [0.2, 0.25) is 0 Å². The molecule has 1 unspecified atom stereocenters. The Bertz CT molecular complexity index is 810. The molecule has 23 heavy (non-hydrogen) atoms. The zero-order valence-electron chi connectivity index (χ0n) is 12.6. The number of hydrogen-bond donors (Lipinski definition) is 1. The molecule has 0 saturated heterocycles. The normalized spacial score (nSPS) is 17.2. The Morgan fingerprint density at radius 1 is 1.26 bits per heavy atom. The molecule has 6 heteroatoms. The highest BCUT2D eigenvalue weighted by atomic mass is 79.9. The first-order valence-electron chi connectivity index (χ1n) is 7.73. The fourth-order valence-corrected chi connectivity index (χ4v) is 4.56. The molecule has 1 aromatic carbocycles. The zero-order chi connectivity index (χ0) is 15.6. The van der Waals surface area contributed by atoms with Crippen molar-refractivity contribution in [3.05, 3.63) is 57.9 Å². The molecule has 2 aromatic heterocycles. The van der Waals surface area contributed by atoms with Crippen molar-refractivity contribution in [3.8, 4) is 10.4 Å². The molecule has 1 aliphatic heterocycles. The van der Waals surface area contributed by atoms with Crippen LogP contribution in [-0.2, 0) is 19.5 Å². The average molecular weight is 389 g/mol. The van der Waals surface area contributed by atoms with Crippen LogP contribution in [0.25, 0.3) is 10.4 Å². The predicted octanol–water partition coefficient (Wildman–Crippen LogP) is 3.87. The molecule has 0 spiro atoms. The SMILES string of the molecule is Brc1ccccc1-c1ccc(CNC2CCc3ncnn3C2)s1. The minimum absolute atomic E-state index is 0.471. The number of thiophene rings is 1. The monoisotopic (exact) mass is 388 g/mol. The quantitative estimate of drug-likeness (QED) is 0.737. The van der Waals surface area contributed by atoms with E-state index in [1.54, 1.807) is 6.33 Å². The molecule has 0 saturated carbocycles. The van der Waals surface area contributed by atoms with Gasteiger partial charge < -0.3 is 5.32 Å². The van der Waals surface area contributed by atoms with E-state index in [0.717, 1.165) is 36.2 Å². The first-order chi connectivity index (χ1) is 11.3. The number of benzene rings is 1. The van der Waals surface area contributed by atoms with Crippen LogP contribution in [0.15, 0.2) is 47.2 Å². The molecule has 4 rings (SSSR count). The number of aryl methyl sites for hydroxylation is 1. The smallest absolute Gasteiger partial charge is 0.138 e. The first-order valence-corrected chi connectivity index (χ1v) is 9.34. The number of rotatable bonds is 4. The van der Waals surface area contributed by atoms with Crippen molar-refractivity contribution in [1.82, 2.24) is 20.1 Å². The number of fused-ring (bicyclic) bond motifs is 1. The Balaban J connectivity index is 1.40. The Labute approximate surface area is 147 Å². The summed E-state index contributed by atoms with van der Waals surface area (Å²) >= 11 is 5.48. The Hall–Kier alpha value is -1.50. The molecule has 1 N–H and O–H groups in total. The summed E-state index contributed by atoms with van der Waals surface area (Å²) in [4.78, 5) is 6.94. The molecule has 1 atom stereocenters. The molecule has 0 bridgehead atoms. The molecule has 1 aliphatic rings. The molecular formula is C17H17BrN4S. The lowest BCUT2D eigenvalue weighted by Crippen LogP contribution is -2.37. The highest BCUT2D eigenvalue weighted by Gasteiger charge is 2.19. The Morgan fingerprint density at radius 3 is 3.09 bits per heavy atom. The van der Waals surface area contributed by atoms with Gasteiger partial charge in [0, 0.05) is 38.8 Å². The van der Waals surface area contributed by atoms with E-state index in [1.807, 2.05) is 22.1 Å². The number of nitrogens with one attached hydrogen (secondary N) is 1. The topological polar surface area (TPSA) is 42.7 Å². The lowest BCUT2D eigenvalue weighted by Gasteiger charge is -2.23. The van der Waals surface area contributed by atoms with E-state index in [9.17, 15) is 0 Å². The van der Waals surface area contributed by atoms with E-state index in [2.05, 4.69) is 61.7 Å². The standard InChI is InChI=1S/C17H17BrN4S/c18-15-4-2-1-3-14(15)16-7-6-13(23-16)9-19-12-5-8-17-20-11-21-22(17)10-12/h1-4,6-7,11-12,19H,5,8-10H2. The number of hydrogen-bond acceptors (Lipinski definition) is 4. The van der Waals surface area contributed by atoms with Crippen molar-refractivity contribution in [3.63, 3.8) is 0 Å². The molecule has 0 radical (unpaired) electrons. The fraction of sp³-hybridized carbons (Fsp3) is 0.294. The minimum atomic E-state index is 0.471. The Morgan fingerprint density at radius 2 is 2.17 bits per heavy atom. The molecular weight excluding hydrogens is 372 g/mol. The van der Waals surface area contributed by atoms with E-state index >= 15 is 0 Å². The lowest BCUT2D eigenvalue weighted by atomic mass is 10.1. The Kier molecular flexibility index (Phi) is 4.29. The molecule has 4 nitrogen and oxygen atoms in total. The van der Waals surface area contributed by atoms with Crippen LogP contribution in [0.4, 0.5) is 0 Å². The van der Waals surface area contributed by atoms with Crippen LogP contribution in [0.5, 0.6) is 0 Å². The molecule has 0 amide bonds. The summed E-state index contributed by atoms with van der Waals surface area (Å²) in [5, 5.41) is 7.94. The second-order valence-electron chi connectivity index (χ2n) is 5.72. The summed E-state index contributed by atoms with van der Waals surface area (Å²) < 4.78 is 3.16. The molecule has 3 aromatic rings. The van der Waals surface area contributed by atoms with Gasteiger partial charge in [0.25, 0.3) is 0 Å². The van der Waals surface area contributed by atoms with Crippen molar-refractivity contribution >= 4 is 27.3 Å². The van der Waals surface area contributed by atoms with Gasteiger partial charge >= 0.3 is 0 Å². The van der Waals surface area contributed by atoms with E-state index in [-0.39, 0.29) is 0 Å². The highest BCUT2D eigenvalue weighted by Crippen LogP contribution is 2.33. The van der Waals surface area contributed by atoms with Crippen molar-refractivity contribution in [1.29, 1.82) is 0 Å². The zero-order valence-corrected chi connectivity index (χ0v) is 15.0. The van der Waals surface area contributed by atoms with Gasteiger partial charge in [-0.15, -0.1) is 11.3 Å². The van der Waals surface area contributed by atoms with Crippen LogP contribution >= 0.6 is 27.3 Å². The van der Waals surface area contributed by atoms with Crippen molar-refractivity contribution in [2.75, 3.05) is 0 Å². The number of aromatic nitrogens is 3. The van der Waals surface area contributed by atoms with Crippen LogP contribution < -0.4 is 5.32 Å². The maximum atomic E-state index is 4.28. The second kappa shape index (κ2) is 6.55. The van der Waals surface area contributed by atoms with E-state index in [1.165, 1.54) is 15.3 Å². The van der Waals surface area contributed by atoms with Crippen LogP contribution in [0.3, 0.4) is 0 Å². The third-order valence-electron chi connectivity index (χ3n) is 4.17. The summed E-state index contributed by atoms with van der Waals surface area (Å²) in [6, 6.07) is 13.3. The van der Waals surface area contributed by atoms with Gasteiger partial charge in [-0.2, -0.15) is 5.10 Å². The van der Waals surface area contributed by atoms with Gasteiger partial charge in [-0.25, -0.2) is 9.67 Å². The van der Waals surface area contributed by atoms with Crippen molar-refractivity contribution in [2.24, 2.45) is 0 Å². The summed E-state index contributed by atoms with van der Waals surface area (Å²) in [5.41, 5.74) is 1.26. The van der Waals surface area contributed by atoms with Crippen LogP contribution in [0, 0.1) is 0 Å². The van der Waals surface area contributed by atoms with Crippen molar-refractivity contribution < 1.29 is 0 Å². The second-order valence-corrected chi connectivity index (χ2v) is 7.74. The third-order valence-corrected chi connectivity index (χ3v) is 5.98. The average Bonchev–Trinajstić information content (AvgIpc) is 3.22. The van der Waals surface area contributed by atoms with Crippen LogP contribution in [0.2, 0.25) is 0 Å². The summed E-state index contributed by atoms with van der Waals surface area (Å²) in [6.45, 7) is 1.82. The molecule has 118 valence electrons. The first kappa shape index (κ1) is 15.1. The molecule has 0 fully saturated rings. The fourth-order valence-electron chi connectivity index (χ4n) is 2.93. The largest absolute Gasteiger partial charge is 0.307 e. The molecule has 0 aliphatic carbocycles. The van der Waals surface area contributed by atoms with E-state index in [0.29, 0.717) is 6.04 Å². The minimum Gasteiger partial charge on any atom is -0.307 e. The number of halogens is 1. The van der Waals surface area contributed by atoms with Gasteiger partial charge in [0.15, 0.2) is 0 Å². The van der Waals surface area contributed by atoms with E-state index in [4.69, 9.17) is 0 Å². The predicted molar refractivity (Wildman–Crippen MR) is 96.4 cm³/mol. The van der Waals surface area contributed by atoms with Gasteiger partial charge in [-0.1, -0.05) is 34.1 Å². The summed E-state index contributed by atoms with van der Waals surface area (Å²) in [5.74, 6) is 1.11. The van der Waals surface area contributed by atoms with Gasteiger partial charge in [0.1, 0.15) is 12.2 Å². The third kappa shape index (κ3) is 3.24. The van der Waals surface area contributed by atoms with E-state index < -0.39 is 0 Å². The highest BCUT2D eigenvalue weighted by molar-refractivity contribution is 9.10. The summed E-state index contributed by atoms with van der Waals surface area (Å²) in [6.07, 6.45) is 3.78. The maximum Gasteiger partial charge on any atom is 0.138 e. The van der Waals surface area contributed by atoms with Gasteiger partial charge in [0.05, 0.1) is 6.54 Å². The summed E-state index contributed by atoms with van der Waals surface area (Å²) in [7, 11) is 0. The van der Waals surface area contributed by atoms with Crippen LogP contribution in [0.1, 0.15) is 17.1 Å². The number of nitrogens with zero attached hydrogens (tertiary/aromatic N) is 3. The molecule has 3 heterocycles. The van der Waals surface area contributed by atoms with Crippen molar-refractivity contribution in [2.45, 2.75) is 32.0 Å². The maximum absolute atomic E-state index is 4.28. The van der Waals surface area contributed by atoms with Crippen LogP contribution in [-0.4, -0.2) is 20.8 Å². The van der Waals surface area contributed by atoms with Gasteiger partial charge in [-0.3, -0.25) is 0 Å².